The van der Waals surface area contributed by atoms with Crippen LogP contribution in [0.4, 0.5) is 4.39 Å². The van der Waals surface area contributed by atoms with Gasteiger partial charge in [0, 0.05) is 18.3 Å². The van der Waals surface area contributed by atoms with E-state index in [4.69, 9.17) is 22.1 Å². The van der Waals surface area contributed by atoms with Gasteiger partial charge in [0.05, 0.1) is 11.1 Å². The maximum absolute atomic E-state index is 13.6. The van der Waals surface area contributed by atoms with Crippen LogP contribution in [0, 0.1) is 5.82 Å². The first kappa shape index (κ1) is 18.1. The average Bonchev–Trinajstić information content (AvgIpc) is 3.10. The number of amides is 2. The molecular weight excluding hydrogens is 361 g/mol. The quantitative estimate of drug-likeness (QED) is 0.868. The topological polar surface area (TPSA) is 85.5 Å². The molecule has 136 valence electrons. The Hall–Kier alpha value is -2.67. The molecule has 8 heteroatoms. The lowest BCUT2D eigenvalue weighted by Gasteiger charge is -2.25. The molecule has 1 saturated heterocycles. The van der Waals surface area contributed by atoms with Crippen LogP contribution in [-0.4, -0.2) is 40.9 Å². The molecule has 2 amide bonds. The zero-order chi connectivity index (χ0) is 18.7. The van der Waals surface area contributed by atoms with Crippen molar-refractivity contribution in [1.82, 2.24) is 9.88 Å². The van der Waals surface area contributed by atoms with Crippen LogP contribution in [0.1, 0.15) is 33.7 Å². The van der Waals surface area contributed by atoms with E-state index in [0.29, 0.717) is 6.54 Å². The Balaban J connectivity index is 1.71. The fourth-order valence-corrected chi connectivity index (χ4v) is 3.07. The minimum Gasteiger partial charge on any atom is -0.489 e. The van der Waals surface area contributed by atoms with Crippen LogP contribution >= 0.6 is 11.6 Å². The summed E-state index contributed by atoms with van der Waals surface area (Å²) >= 11 is 5.67. The highest BCUT2D eigenvalue weighted by Crippen LogP contribution is 2.24. The van der Waals surface area contributed by atoms with Crippen molar-refractivity contribution in [1.29, 1.82) is 0 Å². The highest BCUT2D eigenvalue weighted by molar-refractivity contribution is 6.30. The number of hydrogen-bond acceptors (Lipinski definition) is 4. The fraction of sp³-hybridized carbons (Fsp3) is 0.278. The number of nitrogens with zero attached hydrogens (tertiary/aromatic N) is 2. The molecule has 1 aliphatic heterocycles. The van der Waals surface area contributed by atoms with Crippen LogP contribution < -0.4 is 10.5 Å². The number of benzene rings is 1. The number of halogens is 2. The number of primary amides is 1. The molecule has 0 bridgehead atoms. The van der Waals surface area contributed by atoms with E-state index < -0.39 is 11.7 Å². The highest BCUT2D eigenvalue weighted by atomic mass is 35.5. The molecule has 0 saturated carbocycles. The maximum atomic E-state index is 13.6. The Morgan fingerprint density at radius 1 is 1.38 bits per heavy atom. The third kappa shape index (κ3) is 3.77. The predicted octanol–water partition coefficient (Wildman–Crippen LogP) is 2.66. The van der Waals surface area contributed by atoms with Gasteiger partial charge in [-0.2, -0.15) is 0 Å². The van der Waals surface area contributed by atoms with E-state index in [1.54, 1.807) is 17.0 Å². The largest absolute Gasteiger partial charge is 0.489 e. The van der Waals surface area contributed by atoms with E-state index in [1.807, 2.05) is 0 Å². The smallest absolute Gasteiger partial charge is 0.271 e. The number of ether oxygens (including phenoxy) is 1. The standard InChI is InChI=1S/C18H17ClFN3O3/c19-13-6-5-11(9-14(13)20)18(25)23-8-2-3-12(23)10-26-15-4-1-7-22-16(15)17(21)24/h1,4-7,9,12H,2-3,8,10H2,(H2,21,24). The lowest BCUT2D eigenvalue weighted by molar-refractivity contribution is 0.0688. The molecule has 2 N–H and O–H groups in total. The molecule has 0 spiro atoms. The van der Waals surface area contributed by atoms with Crippen molar-refractivity contribution >= 4 is 23.4 Å². The molecule has 1 aromatic heterocycles. The van der Waals surface area contributed by atoms with E-state index in [0.717, 1.165) is 18.9 Å². The average molecular weight is 378 g/mol. The number of carbonyl (C=O) groups is 2. The Morgan fingerprint density at radius 3 is 2.92 bits per heavy atom. The number of carbonyl (C=O) groups excluding carboxylic acids is 2. The summed E-state index contributed by atoms with van der Waals surface area (Å²) in [4.78, 5) is 29.6. The summed E-state index contributed by atoms with van der Waals surface area (Å²) in [6, 6.07) is 7.03. The second kappa shape index (κ2) is 7.70. The summed E-state index contributed by atoms with van der Waals surface area (Å²) in [5, 5.41) is -0.0292. The van der Waals surface area contributed by atoms with E-state index in [9.17, 15) is 14.0 Å². The summed E-state index contributed by atoms with van der Waals surface area (Å²) in [6.45, 7) is 0.737. The first-order valence-electron chi connectivity index (χ1n) is 8.11. The molecule has 0 aliphatic carbocycles. The molecular formula is C18H17ClFN3O3. The minimum absolute atomic E-state index is 0.0292. The van der Waals surface area contributed by atoms with Crippen molar-refractivity contribution in [3.05, 3.63) is 58.6 Å². The van der Waals surface area contributed by atoms with Crippen molar-refractivity contribution in [3.8, 4) is 5.75 Å². The van der Waals surface area contributed by atoms with Gasteiger partial charge in [-0.1, -0.05) is 11.6 Å². The zero-order valence-electron chi connectivity index (χ0n) is 13.8. The van der Waals surface area contributed by atoms with Crippen LogP contribution in [0.2, 0.25) is 5.02 Å². The van der Waals surface area contributed by atoms with Gasteiger partial charge in [0.2, 0.25) is 0 Å². The summed E-state index contributed by atoms with van der Waals surface area (Å²) in [5.41, 5.74) is 5.56. The van der Waals surface area contributed by atoms with Gasteiger partial charge in [-0.05, 0) is 43.2 Å². The Bertz CT molecular complexity index is 846. The van der Waals surface area contributed by atoms with Crippen LogP contribution in [0.25, 0.3) is 0 Å². The number of pyridine rings is 1. The third-order valence-electron chi connectivity index (χ3n) is 4.24. The summed E-state index contributed by atoms with van der Waals surface area (Å²) < 4.78 is 19.3. The first-order valence-corrected chi connectivity index (χ1v) is 8.49. The van der Waals surface area contributed by atoms with E-state index in [1.165, 1.54) is 18.3 Å². The molecule has 1 unspecified atom stereocenters. The molecule has 1 aliphatic rings. The van der Waals surface area contributed by atoms with Crippen LogP contribution in [-0.2, 0) is 0 Å². The van der Waals surface area contributed by atoms with Gasteiger partial charge in [0.1, 0.15) is 12.4 Å². The normalized spacial score (nSPS) is 16.5. The summed E-state index contributed by atoms with van der Waals surface area (Å²) in [6.07, 6.45) is 3.01. The molecule has 26 heavy (non-hydrogen) atoms. The molecule has 1 fully saturated rings. The van der Waals surface area contributed by atoms with Gasteiger partial charge in [-0.3, -0.25) is 9.59 Å². The Morgan fingerprint density at radius 2 is 2.19 bits per heavy atom. The Kier molecular flexibility index (Phi) is 5.37. The highest BCUT2D eigenvalue weighted by Gasteiger charge is 2.30. The van der Waals surface area contributed by atoms with Crippen molar-refractivity contribution in [2.75, 3.05) is 13.2 Å². The zero-order valence-corrected chi connectivity index (χ0v) is 14.6. The van der Waals surface area contributed by atoms with Crippen LogP contribution in [0.15, 0.2) is 36.5 Å². The van der Waals surface area contributed by atoms with Gasteiger partial charge in [-0.15, -0.1) is 0 Å². The lowest BCUT2D eigenvalue weighted by Crippen LogP contribution is -2.39. The number of likely N-dealkylation sites (tertiary alicyclic amines) is 1. The number of rotatable bonds is 5. The summed E-state index contributed by atoms with van der Waals surface area (Å²) in [7, 11) is 0. The number of nitrogens with two attached hydrogens (primary N) is 1. The molecule has 3 rings (SSSR count). The number of aromatic nitrogens is 1. The second-order valence-corrected chi connectivity index (χ2v) is 6.36. The minimum atomic E-state index is -0.684. The molecule has 1 aromatic carbocycles. The van der Waals surface area contributed by atoms with E-state index in [2.05, 4.69) is 4.98 Å². The Labute approximate surface area is 154 Å². The van der Waals surface area contributed by atoms with Crippen molar-refractivity contribution in [3.63, 3.8) is 0 Å². The third-order valence-corrected chi connectivity index (χ3v) is 4.55. The molecule has 2 aromatic rings. The SMILES string of the molecule is NC(=O)c1ncccc1OCC1CCCN1C(=O)c1ccc(Cl)c(F)c1. The first-order chi connectivity index (χ1) is 12.5. The molecule has 6 nitrogen and oxygen atoms in total. The van der Waals surface area contributed by atoms with E-state index in [-0.39, 0.29) is 40.6 Å². The predicted molar refractivity (Wildman–Crippen MR) is 93.7 cm³/mol. The number of hydrogen-bond donors (Lipinski definition) is 1. The maximum Gasteiger partial charge on any atom is 0.271 e. The molecule has 2 heterocycles. The molecule has 0 radical (unpaired) electrons. The fourth-order valence-electron chi connectivity index (χ4n) is 2.95. The van der Waals surface area contributed by atoms with Crippen LogP contribution in [0.5, 0.6) is 5.75 Å². The van der Waals surface area contributed by atoms with Gasteiger partial charge in [0.15, 0.2) is 11.4 Å². The summed E-state index contributed by atoms with van der Waals surface area (Å²) in [5.74, 6) is -1.33. The monoisotopic (exact) mass is 377 g/mol. The van der Waals surface area contributed by atoms with Crippen molar-refractivity contribution < 1.29 is 18.7 Å². The molecule has 1 atom stereocenters. The second-order valence-electron chi connectivity index (χ2n) is 5.95. The lowest BCUT2D eigenvalue weighted by atomic mass is 10.1. The van der Waals surface area contributed by atoms with Crippen molar-refractivity contribution in [2.24, 2.45) is 5.73 Å². The van der Waals surface area contributed by atoms with E-state index >= 15 is 0 Å². The van der Waals surface area contributed by atoms with Gasteiger partial charge in [-0.25, -0.2) is 9.37 Å². The van der Waals surface area contributed by atoms with Crippen LogP contribution in [0.3, 0.4) is 0 Å². The van der Waals surface area contributed by atoms with Crippen molar-refractivity contribution in [2.45, 2.75) is 18.9 Å². The van der Waals surface area contributed by atoms with Gasteiger partial charge >= 0.3 is 0 Å². The van der Waals surface area contributed by atoms with Gasteiger partial charge in [0.25, 0.3) is 11.8 Å². The van der Waals surface area contributed by atoms with Gasteiger partial charge < -0.3 is 15.4 Å².